The fraction of sp³-hybridized carbons (Fsp3) is 0.208. The molecule has 0 aliphatic carbocycles. The molecule has 7 nitrogen and oxygen atoms in total. The number of ether oxygens (including phenoxy) is 4. The first kappa shape index (κ1) is 22.9. The molecule has 0 aliphatic rings. The molecule has 0 saturated heterocycles. The Hall–Kier alpha value is -3.78. The van der Waals surface area contributed by atoms with E-state index in [0.717, 1.165) is 12.0 Å². The SMILES string of the molecule is COc1c(Oc2ccc(CCN)cc2)cc(C(=O)Nc2ccccc2F)c(OC)c1OC. The van der Waals surface area contributed by atoms with Crippen molar-refractivity contribution in [2.24, 2.45) is 5.73 Å². The number of carbonyl (C=O) groups excluding carboxylic acids is 1. The first-order valence-corrected chi connectivity index (χ1v) is 9.88. The van der Waals surface area contributed by atoms with Crippen LogP contribution < -0.4 is 30.0 Å². The second kappa shape index (κ2) is 10.5. The highest BCUT2D eigenvalue weighted by atomic mass is 19.1. The van der Waals surface area contributed by atoms with Crippen LogP contribution in [0.15, 0.2) is 54.6 Å². The van der Waals surface area contributed by atoms with E-state index in [4.69, 9.17) is 24.7 Å². The van der Waals surface area contributed by atoms with E-state index in [-0.39, 0.29) is 34.2 Å². The third-order valence-electron chi connectivity index (χ3n) is 4.72. The van der Waals surface area contributed by atoms with Gasteiger partial charge in [0.15, 0.2) is 11.5 Å². The van der Waals surface area contributed by atoms with Gasteiger partial charge >= 0.3 is 0 Å². The van der Waals surface area contributed by atoms with E-state index < -0.39 is 11.7 Å². The third kappa shape index (κ3) is 4.92. The molecule has 32 heavy (non-hydrogen) atoms. The largest absolute Gasteiger partial charge is 0.492 e. The van der Waals surface area contributed by atoms with E-state index in [9.17, 15) is 9.18 Å². The highest BCUT2D eigenvalue weighted by Crippen LogP contribution is 2.48. The van der Waals surface area contributed by atoms with E-state index in [0.29, 0.717) is 12.3 Å². The Balaban J connectivity index is 2.03. The van der Waals surface area contributed by atoms with Crippen LogP contribution in [0.1, 0.15) is 15.9 Å². The molecule has 3 aromatic rings. The van der Waals surface area contributed by atoms with Crippen molar-refractivity contribution in [2.75, 3.05) is 33.2 Å². The summed E-state index contributed by atoms with van der Waals surface area (Å²) in [7, 11) is 4.27. The van der Waals surface area contributed by atoms with Gasteiger partial charge in [-0.25, -0.2) is 4.39 Å². The van der Waals surface area contributed by atoms with Crippen LogP contribution in [0, 0.1) is 5.82 Å². The summed E-state index contributed by atoms with van der Waals surface area (Å²) in [6, 6.07) is 14.7. The van der Waals surface area contributed by atoms with Gasteiger partial charge < -0.3 is 30.0 Å². The first-order chi connectivity index (χ1) is 15.5. The van der Waals surface area contributed by atoms with E-state index in [1.165, 1.54) is 45.6 Å². The Morgan fingerprint density at radius 3 is 2.19 bits per heavy atom. The summed E-state index contributed by atoms with van der Waals surface area (Å²) in [5, 5.41) is 2.54. The third-order valence-corrected chi connectivity index (χ3v) is 4.72. The van der Waals surface area contributed by atoms with Crippen LogP contribution in [-0.2, 0) is 6.42 Å². The van der Waals surface area contributed by atoms with Crippen molar-refractivity contribution in [3.8, 4) is 28.7 Å². The molecule has 0 aliphatic heterocycles. The molecule has 3 N–H and O–H groups in total. The smallest absolute Gasteiger partial charge is 0.259 e. The van der Waals surface area contributed by atoms with Gasteiger partial charge in [0.05, 0.1) is 32.6 Å². The topological polar surface area (TPSA) is 92.0 Å². The minimum Gasteiger partial charge on any atom is -0.492 e. The maximum atomic E-state index is 14.0. The lowest BCUT2D eigenvalue weighted by atomic mass is 10.1. The molecule has 0 unspecified atom stereocenters. The summed E-state index contributed by atoms with van der Waals surface area (Å²) in [5.74, 6) is 0.144. The van der Waals surface area contributed by atoms with E-state index in [1.807, 2.05) is 12.1 Å². The number of hydrogen-bond donors (Lipinski definition) is 2. The molecule has 0 bridgehead atoms. The monoisotopic (exact) mass is 440 g/mol. The number of nitrogens with two attached hydrogens (primary N) is 1. The lowest BCUT2D eigenvalue weighted by molar-refractivity contribution is 0.102. The van der Waals surface area contributed by atoms with Crippen LogP contribution in [0.5, 0.6) is 28.7 Å². The van der Waals surface area contributed by atoms with E-state index in [2.05, 4.69) is 5.32 Å². The molecule has 3 aromatic carbocycles. The molecule has 0 radical (unpaired) electrons. The maximum absolute atomic E-state index is 14.0. The van der Waals surface area contributed by atoms with Crippen LogP contribution in [0.3, 0.4) is 0 Å². The number of amides is 1. The zero-order valence-electron chi connectivity index (χ0n) is 18.1. The summed E-state index contributed by atoms with van der Waals surface area (Å²) in [5.41, 5.74) is 6.79. The molecule has 8 heteroatoms. The first-order valence-electron chi connectivity index (χ1n) is 9.88. The predicted molar refractivity (Wildman–Crippen MR) is 120 cm³/mol. The summed E-state index contributed by atoms with van der Waals surface area (Å²) in [6.45, 7) is 0.546. The van der Waals surface area contributed by atoms with Gasteiger partial charge in [0.1, 0.15) is 11.6 Å². The Labute approximate surface area is 185 Å². The number of anilines is 1. The molecule has 0 aromatic heterocycles. The van der Waals surface area contributed by atoms with Gasteiger partial charge in [0.2, 0.25) is 11.5 Å². The van der Waals surface area contributed by atoms with Gasteiger partial charge in [-0.15, -0.1) is 0 Å². The predicted octanol–water partition coefficient (Wildman–Crippen LogP) is 4.40. The number of halogens is 1. The maximum Gasteiger partial charge on any atom is 0.259 e. The van der Waals surface area contributed by atoms with Crippen LogP contribution in [0.4, 0.5) is 10.1 Å². The molecule has 0 spiro atoms. The molecule has 0 heterocycles. The number of para-hydroxylation sites is 1. The van der Waals surface area contributed by atoms with Crippen LogP contribution in [-0.4, -0.2) is 33.8 Å². The molecular weight excluding hydrogens is 415 g/mol. The van der Waals surface area contributed by atoms with Gasteiger partial charge in [-0.2, -0.15) is 0 Å². The average molecular weight is 440 g/mol. The number of benzene rings is 3. The van der Waals surface area contributed by atoms with Gasteiger partial charge in [-0.05, 0) is 42.8 Å². The normalized spacial score (nSPS) is 10.4. The van der Waals surface area contributed by atoms with E-state index >= 15 is 0 Å². The van der Waals surface area contributed by atoms with Gasteiger partial charge in [0, 0.05) is 6.07 Å². The minimum absolute atomic E-state index is 0.0345. The number of carbonyl (C=O) groups is 1. The quantitative estimate of drug-likeness (QED) is 0.513. The minimum atomic E-state index is -0.601. The summed E-state index contributed by atoms with van der Waals surface area (Å²) in [4.78, 5) is 13.0. The molecule has 0 atom stereocenters. The van der Waals surface area contributed by atoms with Crippen molar-refractivity contribution >= 4 is 11.6 Å². The fourth-order valence-electron chi connectivity index (χ4n) is 3.20. The van der Waals surface area contributed by atoms with Crippen molar-refractivity contribution in [3.05, 3.63) is 71.5 Å². The molecule has 168 valence electrons. The number of rotatable bonds is 9. The lowest BCUT2D eigenvalue weighted by Crippen LogP contribution is -2.15. The molecular formula is C24H25FN2O5. The molecule has 3 rings (SSSR count). The van der Waals surface area contributed by atoms with Gasteiger partial charge in [0.25, 0.3) is 5.91 Å². The summed E-state index contributed by atoms with van der Waals surface area (Å²) >= 11 is 0. The van der Waals surface area contributed by atoms with Crippen LogP contribution in [0.2, 0.25) is 0 Å². The standard InChI is InChI=1S/C24H25FN2O5/c1-29-21-17(24(28)27-19-7-5-4-6-18(19)25)14-20(22(30-2)23(21)31-3)32-16-10-8-15(9-11-16)12-13-26/h4-11,14H,12-13,26H2,1-3H3,(H,27,28). The molecule has 1 amide bonds. The Morgan fingerprint density at radius 1 is 0.938 bits per heavy atom. The Bertz CT molecular complexity index is 1090. The highest BCUT2D eigenvalue weighted by molar-refractivity contribution is 6.07. The Morgan fingerprint density at radius 2 is 1.59 bits per heavy atom. The van der Waals surface area contributed by atoms with E-state index in [1.54, 1.807) is 18.2 Å². The fourth-order valence-corrected chi connectivity index (χ4v) is 3.20. The van der Waals surface area contributed by atoms with Crippen molar-refractivity contribution in [1.29, 1.82) is 0 Å². The van der Waals surface area contributed by atoms with Crippen molar-refractivity contribution in [2.45, 2.75) is 6.42 Å². The average Bonchev–Trinajstić information content (AvgIpc) is 2.81. The highest BCUT2D eigenvalue weighted by Gasteiger charge is 2.26. The number of nitrogens with one attached hydrogen (secondary N) is 1. The van der Waals surface area contributed by atoms with Crippen LogP contribution >= 0.6 is 0 Å². The number of methoxy groups -OCH3 is 3. The lowest BCUT2D eigenvalue weighted by Gasteiger charge is -2.19. The van der Waals surface area contributed by atoms with Crippen LogP contribution in [0.25, 0.3) is 0 Å². The second-order valence-electron chi connectivity index (χ2n) is 6.74. The summed E-state index contributed by atoms with van der Waals surface area (Å²) in [6.07, 6.45) is 0.750. The number of hydrogen-bond acceptors (Lipinski definition) is 6. The van der Waals surface area contributed by atoms with Crippen molar-refractivity contribution in [1.82, 2.24) is 0 Å². The molecule has 0 fully saturated rings. The van der Waals surface area contributed by atoms with Gasteiger partial charge in [-0.3, -0.25) is 4.79 Å². The summed E-state index contributed by atoms with van der Waals surface area (Å²) < 4.78 is 36.4. The zero-order valence-corrected chi connectivity index (χ0v) is 18.1. The second-order valence-corrected chi connectivity index (χ2v) is 6.74. The molecule has 0 saturated carbocycles. The van der Waals surface area contributed by atoms with Gasteiger partial charge in [-0.1, -0.05) is 24.3 Å². The zero-order chi connectivity index (χ0) is 23.1. The Kier molecular flexibility index (Phi) is 7.51. The van der Waals surface area contributed by atoms with Crippen molar-refractivity contribution in [3.63, 3.8) is 0 Å². The van der Waals surface area contributed by atoms with Crippen molar-refractivity contribution < 1.29 is 28.1 Å².